The van der Waals surface area contributed by atoms with E-state index >= 15 is 0 Å². The third-order valence-electron chi connectivity index (χ3n) is 4.06. The summed E-state index contributed by atoms with van der Waals surface area (Å²) in [5.41, 5.74) is -0.598. The first-order chi connectivity index (χ1) is 9.11. The van der Waals surface area contributed by atoms with Crippen LogP contribution in [0.3, 0.4) is 0 Å². The molecule has 0 atom stereocenters. The van der Waals surface area contributed by atoms with Crippen molar-refractivity contribution >= 4 is 17.6 Å². The van der Waals surface area contributed by atoms with Crippen molar-refractivity contribution in [3.8, 4) is 5.75 Å². The molecule has 0 saturated carbocycles. The first-order valence-electron chi connectivity index (χ1n) is 6.42. The van der Waals surface area contributed by atoms with Gasteiger partial charge in [-0.3, -0.25) is 4.79 Å². The van der Waals surface area contributed by atoms with Crippen LogP contribution in [-0.4, -0.2) is 23.7 Å². The standard InChI is InChI=1S/C15H22ClNO3/c1-14(2,13(18)19)15(3,4)17-9-10-8-11(16)6-7-12(10)20-5/h6-8,17H,9H2,1-5H3,(H,18,19). The average molecular weight is 300 g/mol. The van der Waals surface area contributed by atoms with Gasteiger partial charge in [0.1, 0.15) is 5.75 Å². The maximum atomic E-state index is 11.4. The average Bonchev–Trinajstić information content (AvgIpc) is 2.36. The number of ether oxygens (including phenoxy) is 1. The first kappa shape index (κ1) is 16.8. The Balaban J connectivity index is 2.91. The molecule has 112 valence electrons. The molecular formula is C15H22ClNO3. The molecule has 0 heterocycles. The summed E-state index contributed by atoms with van der Waals surface area (Å²) in [5.74, 6) is -0.112. The Morgan fingerprint density at radius 2 is 1.95 bits per heavy atom. The summed E-state index contributed by atoms with van der Waals surface area (Å²) < 4.78 is 5.28. The Kier molecular flexibility index (Phi) is 5.05. The molecule has 0 aliphatic heterocycles. The number of halogens is 1. The lowest BCUT2D eigenvalue weighted by molar-refractivity contribution is -0.151. The molecule has 1 aromatic rings. The number of carboxylic acids is 1. The van der Waals surface area contributed by atoms with Crippen LogP contribution in [0.15, 0.2) is 18.2 Å². The molecule has 2 N–H and O–H groups in total. The van der Waals surface area contributed by atoms with E-state index < -0.39 is 16.9 Å². The topological polar surface area (TPSA) is 58.6 Å². The zero-order valence-corrected chi connectivity index (χ0v) is 13.3. The Hall–Kier alpha value is -1.26. The van der Waals surface area contributed by atoms with Crippen molar-refractivity contribution in [1.82, 2.24) is 5.32 Å². The van der Waals surface area contributed by atoms with E-state index in [9.17, 15) is 9.90 Å². The minimum Gasteiger partial charge on any atom is -0.496 e. The first-order valence-corrected chi connectivity index (χ1v) is 6.80. The highest BCUT2D eigenvalue weighted by molar-refractivity contribution is 6.30. The SMILES string of the molecule is COc1ccc(Cl)cc1CNC(C)(C)C(C)(C)C(=O)O. The molecule has 0 aliphatic carbocycles. The van der Waals surface area contributed by atoms with Crippen LogP contribution < -0.4 is 10.1 Å². The van der Waals surface area contributed by atoms with Crippen molar-refractivity contribution in [2.45, 2.75) is 39.8 Å². The number of carboxylic acid groups (broad SMARTS) is 1. The van der Waals surface area contributed by atoms with Gasteiger partial charge in [-0.2, -0.15) is 0 Å². The maximum Gasteiger partial charge on any atom is 0.310 e. The molecule has 20 heavy (non-hydrogen) atoms. The fourth-order valence-corrected chi connectivity index (χ4v) is 1.88. The second kappa shape index (κ2) is 6.02. The lowest BCUT2D eigenvalue weighted by Gasteiger charge is -2.39. The van der Waals surface area contributed by atoms with E-state index in [-0.39, 0.29) is 0 Å². The third kappa shape index (κ3) is 3.44. The number of hydrogen-bond acceptors (Lipinski definition) is 3. The zero-order valence-electron chi connectivity index (χ0n) is 12.6. The highest BCUT2D eigenvalue weighted by Crippen LogP contribution is 2.32. The van der Waals surface area contributed by atoms with Gasteiger partial charge in [-0.05, 0) is 45.9 Å². The van der Waals surface area contributed by atoms with E-state index in [4.69, 9.17) is 16.3 Å². The summed E-state index contributed by atoms with van der Waals surface area (Å²) in [6, 6.07) is 5.38. The number of hydrogen-bond donors (Lipinski definition) is 2. The molecule has 0 fully saturated rings. The minimum atomic E-state index is -0.904. The third-order valence-corrected chi connectivity index (χ3v) is 4.30. The summed E-state index contributed by atoms with van der Waals surface area (Å²) in [7, 11) is 1.60. The molecule has 0 bridgehead atoms. The van der Waals surface area contributed by atoms with Gasteiger partial charge in [0.2, 0.25) is 0 Å². The molecule has 0 amide bonds. The van der Waals surface area contributed by atoms with Gasteiger partial charge in [0.15, 0.2) is 0 Å². The van der Waals surface area contributed by atoms with Crippen molar-refractivity contribution < 1.29 is 14.6 Å². The highest BCUT2D eigenvalue weighted by atomic mass is 35.5. The van der Waals surface area contributed by atoms with Crippen LogP contribution in [0.25, 0.3) is 0 Å². The largest absolute Gasteiger partial charge is 0.496 e. The number of rotatable bonds is 6. The van der Waals surface area contributed by atoms with Gasteiger partial charge in [0.25, 0.3) is 0 Å². The van der Waals surface area contributed by atoms with Gasteiger partial charge < -0.3 is 15.2 Å². The smallest absolute Gasteiger partial charge is 0.310 e. The van der Waals surface area contributed by atoms with E-state index in [1.807, 2.05) is 19.9 Å². The second-order valence-electron chi connectivity index (χ2n) is 5.86. The fourth-order valence-electron chi connectivity index (χ4n) is 1.69. The minimum absolute atomic E-state index is 0.480. The quantitative estimate of drug-likeness (QED) is 0.846. The number of carbonyl (C=O) groups is 1. The summed E-state index contributed by atoms with van der Waals surface area (Å²) in [5, 5.41) is 13.2. The van der Waals surface area contributed by atoms with E-state index in [0.29, 0.717) is 11.6 Å². The van der Waals surface area contributed by atoms with Gasteiger partial charge in [0, 0.05) is 22.7 Å². The summed E-state index contributed by atoms with van der Waals surface area (Å²) >= 11 is 5.99. The molecule has 4 nitrogen and oxygen atoms in total. The van der Waals surface area contributed by atoms with Crippen LogP contribution in [0.4, 0.5) is 0 Å². The molecule has 0 aliphatic rings. The molecular weight excluding hydrogens is 278 g/mol. The van der Waals surface area contributed by atoms with E-state index in [1.54, 1.807) is 33.1 Å². The summed E-state index contributed by atoms with van der Waals surface area (Å²) in [4.78, 5) is 11.4. The summed E-state index contributed by atoms with van der Waals surface area (Å²) in [6.07, 6.45) is 0. The van der Waals surface area contributed by atoms with Crippen LogP contribution >= 0.6 is 11.6 Å². The molecule has 0 radical (unpaired) electrons. The molecule has 0 aromatic heterocycles. The highest BCUT2D eigenvalue weighted by Gasteiger charge is 2.43. The van der Waals surface area contributed by atoms with Gasteiger partial charge in [-0.25, -0.2) is 0 Å². The maximum absolute atomic E-state index is 11.4. The molecule has 5 heteroatoms. The predicted molar refractivity (Wildman–Crippen MR) is 80.3 cm³/mol. The monoisotopic (exact) mass is 299 g/mol. The van der Waals surface area contributed by atoms with Gasteiger partial charge in [-0.15, -0.1) is 0 Å². The van der Waals surface area contributed by atoms with Gasteiger partial charge >= 0.3 is 5.97 Å². The van der Waals surface area contributed by atoms with Crippen molar-refractivity contribution in [3.63, 3.8) is 0 Å². The number of benzene rings is 1. The molecule has 1 rings (SSSR count). The fraction of sp³-hybridized carbons (Fsp3) is 0.533. The predicted octanol–water partition coefficient (Wildman–Crippen LogP) is 3.33. The molecule has 0 spiro atoms. The summed E-state index contributed by atoms with van der Waals surface area (Å²) in [6.45, 7) is 7.64. The Labute approximate surface area is 125 Å². The van der Waals surface area contributed by atoms with Crippen LogP contribution in [0, 0.1) is 5.41 Å². The normalized spacial score (nSPS) is 12.3. The van der Waals surface area contributed by atoms with E-state index in [2.05, 4.69) is 5.32 Å². The Bertz CT molecular complexity index is 498. The lowest BCUT2D eigenvalue weighted by atomic mass is 9.74. The van der Waals surface area contributed by atoms with E-state index in [0.717, 1.165) is 11.3 Å². The van der Waals surface area contributed by atoms with Gasteiger partial charge in [-0.1, -0.05) is 11.6 Å². The van der Waals surface area contributed by atoms with E-state index in [1.165, 1.54) is 0 Å². The van der Waals surface area contributed by atoms with Crippen molar-refractivity contribution in [1.29, 1.82) is 0 Å². The van der Waals surface area contributed by atoms with Crippen molar-refractivity contribution in [2.24, 2.45) is 5.41 Å². The van der Waals surface area contributed by atoms with Gasteiger partial charge in [0.05, 0.1) is 12.5 Å². The lowest BCUT2D eigenvalue weighted by Crippen LogP contribution is -2.54. The molecule has 0 saturated heterocycles. The van der Waals surface area contributed by atoms with Crippen LogP contribution in [0.1, 0.15) is 33.3 Å². The second-order valence-corrected chi connectivity index (χ2v) is 6.30. The van der Waals surface area contributed by atoms with Crippen LogP contribution in [-0.2, 0) is 11.3 Å². The number of aliphatic carboxylic acids is 1. The Morgan fingerprint density at radius 3 is 2.45 bits per heavy atom. The number of methoxy groups -OCH3 is 1. The van der Waals surface area contributed by atoms with Crippen molar-refractivity contribution in [3.05, 3.63) is 28.8 Å². The molecule has 1 aromatic carbocycles. The molecule has 0 unspecified atom stereocenters. The van der Waals surface area contributed by atoms with Crippen molar-refractivity contribution in [2.75, 3.05) is 7.11 Å². The Morgan fingerprint density at radius 1 is 1.35 bits per heavy atom. The number of nitrogens with one attached hydrogen (secondary N) is 1. The zero-order chi connectivity index (χ0) is 15.6. The van der Waals surface area contributed by atoms with Crippen LogP contribution in [0.2, 0.25) is 5.02 Å². The van der Waals surface area contributed by atoms with Crippen LogP contribution in [0.5, 0.6) is 5.75 Å².